The van der Waals surface area contributed by atoms with Crippen LogP contribution < -0.4 is 14.9 Å². The lowest BCUT2D eigenvalue weighted by atomic mass is 10.1. The first-order chi connectivity index (χ1) is 14.5. The average Bonchev–Trinajstić information content (AvgIpc) is 2.77. The van der Waals surface area contributed by atoms with Gasteiger partial charge in [0.25, 0.3) is 0 Å². The molecule has 4 rings (SSSR count). The third-order valence-electron chi connectivity index (χ3n) is 4.59. The summed E-state index contributed by atoms with van der Waals surface area (Å²) >= 11 is 0. The summed E-state index contributed by atoms with van der Waals surface area (Å²) in [7, 11) is 0. The molecule has 0 atom stereocenters. The molecular weight excluding hydrogens is 380 g/mol. The molecule has 0 N–H and O–H groups in total. The van der Waals surface area contributed by atoms with E-state index in [4.69, 9.17) is 13.9 Å². The van der Waals surface area contributed by atoms with Gasteiger partial charge in [-0.25, -0.2) is 0 Å². The number of rotatable bonds is 5. The Balaban J connectivity index is 1.57. The zero-order chi connectivity index (χ0) is 21.1. The van der Waals surface area contributed by atoms with Crippen molar-refractivity contribution in [3.05, 3.63) is 89.3 Å². The van der Waals surface area contributed by atoms with Gasteiger partial charge in [0.2, 0.25) is 11.2 Å². The van der Waals surface area contributed by atoms with Gasteiger partial charge in [-0.2, -0.15) is 0 Å². The summed E-state index contributed by atoms with van der Waals surface area (Å²) in [5.41, 5.74) is 2.17. The normalized spacial score (nSPS) is 10.9. The van der Waals surface area contributed by atoms with Crippen LogP contribution in [0.5, 0.6) is 17.2 Å². The van der Waals surface area contributed by atoms with Gasteiger partial charge in [-0.3, -0.25) is 9.59 Å². The summed E-state index contributed by atoms with van der Waals surface area (Å²) in [5, 5.41) is 0.345. The van der Waals surface area contributed by atoms with E-state index in [-0.39, 0.29) is 23.1 Å². The third-order valence-corrected chi connectivity index (χ3v) is 4.59. The second kappa shape index (κ2) is 8.25. The number of fused-ring (bicyclic) bond motifs is 1. The number of hydrogen-bond acceptors (Lipinski definition) is 5. The summed E-state index contributed by atoms with van der Waals surface area (Å²) in [6, 6.07) is 22.1. The van der Waals surface area contributed by atoms with Crippen LogP contribution in [0.4, 0.5) is 0 Å². The summed E-state index contributed by atoms with van der Waals surface area (Å²) in [6.07, 6.45) is 1.27. The molecule has 0 aliphatic heterocycles. The lowest BCUT2D eigenvalue weighted by molar-refractivity contribution is -0.137. The molecule has 0 saturated heterocycles. The Morgan fingerprint density at radius 2 is 1.53 bits per heavy atom. The van der Waals surface area contributed by atoms with Crippen LogP contribution in [0.15, 0.2) is 88.3 Å². The molecule has 0 bridgehead atoms. The van der Waals surface area contributed by atoms with Crippen LogP contribution in [0.1, 0.15) is 13.8 Å². The Morgan fingerprint density at radius 3 is 2.23 bits per heavy atom. The highest BCUT2D eigenvalue weighted by molar-refractivity contribution is 5.81. The molecule has 3 aromatic carbocycles. The fourth-order valence-corrected chi connectivity index (χ4v) is 2.93. The molecule has 150 valence electrons. The van der Waals surface area contributed by atoms with Gasteiger partial charge in [0.05, 0.1) is 11.3 Å². The van der Waals surface area contributed by atoms with E-state index in [1.807, 2.05) is 42.5 Å². The maximum absolute atomic E-state index is 12.8. The summed E-state index contributed by atoms with van der Waals surface area (Å²) in [4.78, 5) is 24.5. The Kier molecular flexibility index (Phi) is 5.35. The quantitative estimate of drug-likeness (QED) is 0.312. The smallest absolute Gasteiger partial charge is 0.313 e. The fraction of sp³-hybridized carbons (Fsp3) is 0.120. The monoisotopic (exact) mass is 400 g/mol. The summed E-state index contributed by atoms with van der Waals surface area (Å²) < 4.78 is 16.6. The Hall–Kier alpha value is -3.86. The highest BCUT2D eigenvalue weighted by Gasteiger charge is 2.13. The topological polar surface area (TPSA) is 65.7 Å². The predicted molar refractivity (Wildman–Crippen MR) is 115 cm³/mol. The first-order valence-corrected chi connectivity index (χ1v) is 9.62. The standard InChI is InChI=1S/C25H20O5/c1-16(2)25(27)30-20-12-13-21-22(14-20)28-15-23(24(21)26)29-19-10-8-18(9-11-19)17-6-4-3-5-7-17/h3-16H,1-2H3. The molecule has 0 radical (unpaired) electrons. The van der Waals surface area contributed by atoms with Gasteiger partial charge in [-0.05, 0) is 35.4 Å². The van der Waals surface area contributed by atoms with Crippen molar-refractivity contribution in [1.82, 2.24) is 0 Å². The van der Waals surface area contributed by atoms with Gasteiger partial charge in [-0.1, -0.05) is 56.3 Å². The first kappa shape index (κ1) is 19.5. The van der Waals surface area contributed by atoms with E-state index in [1.165, 1.54) is 12.3 Å². The van der Waals surface area contributed by atoms with Crippen LogP contribution >= 0.6 is 0 Å². The third kappa shape index (κ3) is 4.10. The summed E-state index contributed by atoms with van der Waals surface area (Å²) in [5.74, 6) is 0.340. The Morgan fingerprint density at radius 1 is 0.867 bits per heavy atom. The number of carbonyl (C=O) groups excluding carboxylic acids is 1. The van der Waals surface area contributed by atoms with Crippen molar-refractivity contribution in [3.63, 3.8) is 0 Å². The molecule has 0 aliphatic carbocycles. The van der Waals surface area contributed by atoms with Gasteiger partial charge in [0, 0.05) is 6.07 Å². The maximum atomic E-state index is 12.8. The zero-order valence-electron chi connectivity index (χ0n) is 16.6. The van der Waals surface area contributed by atoms with E-state index in [2.05, 4.69) is 0 Å². The minimum absolute atomic E-state index is 0.0851. The van der Waals surface area contributed by atoms with Crippen molar-refractivity contribution in [2.75, 3.05) is 0 Å². The van der Waals surface area contributed by atoms with Crippen LogP contribution in [-0.2, 0) is 4.79 Å². The van der Waals surface area contributed by atoms with Crippen LogP contribution in [0.3, 0.4) is 0 Å². The molecule has 0 aliphatic rings. The van der Waals surface area contributed by atoms with E-state index in [9.17, 15) is 9.59 Å². The maximum Gasteiger partial charge on any atom is 0.313 e. The van der Waals surface area contributed by atoms with Crippen molar-refractivity contribution in [3.8, 4) is 28.4 Å². The number of esters is 1. The Bertz CT molecular complexity index is 1240. The second-order valence-electron chi connectivity index (χ2n) is 7.16. The lowest BCUT2D eigenvalue weighted by Crippen LogP contribution is -2.14. The van der Waals surface area contributed by atoms with Gasteiger partial charge in [0.1, 0.15) is 23.3 Å². The fourth-order valence-electron chi connectivity index (χ4n) is 2.93. The predicted octanol–water partition coefficient (Wildman–Crippen LogP) is 5.81. The van der Waals surface area contributed by atoms with Gasteiger partial charge < -0.3 is 13.9 Å². The SMILES string of the molecule is CC(C)C(=O)Oc1ccc2c(=O)c(Oc3ccc(-c4ccccc4)cc3)coc2c1. The molecule has 1 aromatic heterocycles. The molecule has 0 unspecified atom stereocenters. The molecule has 0 saturated carbocycles. The van der Waals surface area contributed by atoms with Crippen molar-refractivity contribution in [2.45, 2.75) is 13.8 Å². The highest BCUT2D eigenvalue weighted by atomic mass is 16.5. The second-order valence-corrected chi connectivity index (χ2v) is 7.16. The number of ether oxygens (including phenoxy) is 2. The van der Waals surface area contributed by atoms with E-state index >= 15 is 0 Å². The van der Waals surface area contributed by atoms with Crippen molar-refractivity contribution in [1.29, 1.82) is 0 Å². The summed E-state index contributed by atoms with van der Waals surface area (Å²) in [6.45, 7) is 3.50. The van der Waals surface area contributed by atoms with Crippen LogP contribution in [0.25, 0.3) is 22.1 Å². The van der Waals surface area contributed by atoms with Gasteiger partial charge in [-0.15, -0.1) is 0 Å². The molecule has 0 amide bonds. The molecule has 4 aromatic rings. The lowest BCUT2D eigenvalue weighted by Gasteiger charge is -2.09. The number of carbonyl (C=O) groups is 1. The first-order valence-electron chi connectivity index (χ1n) is 9.62. The van der Waals surface area contributed by atoms with Crippen LogP contribution in [-0.4, -0.2) is 5.97 Å². The Labute approximate surface area is 173 Å². The molecule has 5 nitrogen and oxygen atoms in total. The van der Waals surface area contributed by atoms with Crippen molar-refractivity contribution < 1.29 is 18.7 Å². The van der Waals surface area contributed by atoms with Crippen LogP contribution in [0, 0.1) is 5.92 Å². The van der Waals surface area contributed by atoms with E-state index < -0.39 is 0 Å². The molecular formula is C25H20O5. The van der Waals surface area contributed by atoms with E-state index in [0.29, 0.717) is 22.5 Å². The minimum atomic E-state index is -0.351. The number of hydrogen-bond donors (Lipinski definition) is 0. The molecule has 0 fully saturated rings. The molecule has 0 spiro atoms. The average molecular weight is 400 g/mol. The molecule has 1 heterocycles. The molecule has 30 heavy (non-hydrogen) atoms. The van der Waals surface area contributed by atoms with Crippen molar-refractivity contribution in [2.24, 2.45) is 5.92 Å². The van der Waals surface area contributed by atoms with Crippen LogP contribution in [0.2, 0.25) is 0 Å². The highest BCUT2D eigenvalue weighted by Crippen LogP contribution is 2.26. The van der Waals surface area contributed by atoms with Gasteiger partial charge in [0.15, 0.2) is 0 Å². The zero-order valence-corrected chi connectivity index (χ0v) is 16.6. The van der Waals surface area contributed by atoms with E-state index in [0.717, 1.165) is 11.1 Å². The molecule has 5 heteroatoms. The largest absolute Gasteiger partial charge is 0.460 e. The number of benzene rings is 3. The van der Waals surface area contributed by atoms with E-state index in [1.54, 1.807) is 38.1 Å². The van der Waals surface area contributed by atoms with Gasteiger partial charge >= 0.3 is 5.97 Å². The van der Waals surface area contributed by atoms with Crippen molar-refractivity contribution >= 4 is 16.9 Å². The minimum Gasteiger partial charge on any atom is -0.460 e.